The summed E-state index contributed by atoms with van der Waals surface area (Å²) >= 11 is 0. The molecule has 1 aromatic carbocycles. The number of fused-ring (bicyclic) bond motifs is 1. The van der Waals surface area contributed by atoms with E-state index < -0.39 is 17.8 Å². The van der Waals surface area contributed by atoms with E-state index >= 15 is 0 Å². The lowest BCUT2D eigenvalue weighted by Gasteiger charge is -2.33. The van der Waals surface area contributed by atoms with Crippen LogP contribution in [0.5, 0.6) is 0 Å². The number of pyridine rings is 2. The third kappa shape index (κ3) is 4.78. The molecule has 1 fully saturated rings. The monoisotopic (exact) mass is 470 g/mol. The van der Waals surface area contributed by atoms with Crippen LogP contribution in [0.15, 0.2) is 36.4 Å². The van der Waals surface area contributed by atoms with E-state index in [-0.39, 0.29) is 12.0 Å². The molecule has 0 spiro atoms. The topological polar surface area (TPSA) is 88.0 Å². The van der Waals surface area contributed by atoms with Gasteiger partial charge in [0, 0.05) is 42.5 Å². The molecule has 180 valence electrons. The van der Waals surface area contributed by atoms with Gasteiger partial charge in [0.2, 0.25) is 0 Å². The molecule has 0 aliphatic heterocycles. The molecule has 1 aliphatic rings. The third-order valence-electron chi connectivity index (χ3n) is 6.44. The number of anilines is 2. The summed E-state index contributed by atoms with van der Waals surface area (Å²) in [5.74, 6) is 0.0804. The first-order valence-corrected chi connectivity index (χ1v) is 11.2. The van der Waals surface area contributed by atoms with Crippen LogP contribution in [0.25, 0.3) is 10.9 Å². The maximum absolute atomic E-state index is 13.4. The number of alkyl halides is 3. The highest BCUT2D eigenvalue weighted by Gasteiger charge is 2.34. The number of nitrogens with one attached hydrogen (secondary N) is 2. The number of rotatable bonds is 5. The Hall–Kier alpha value is -3.36. The first kappa shape index (κ1) is 23.8. The minimum atomic E-state index is -4.53. The van der Waals surface area contributed by atoms with E-state index in [1.807, 2.05) is 25.1 Å². The van der Waals surface area contributed by atoms with Crippen molar-refractivity contribution in [3.8, 4) is 0 Å². The Bertz CT molecular complexity index is 1220. The number of aromatic nitrogens is 2. The van der Waals surface area contributed by atoms with Gasteiger partial charge in [-0.25, -0.2) is 9.97 Å². The summed E-state index contributed by atoms with van der Waals surface area (Å²) in [4.78, 5) is 10.1. The quantitative estimate of drug-likeness (QED) is 0.411. The van der Waals surface area contributed by atoms with Crippen molar-refractivity contribution in [1.29, 1.82) is 5.41 Å². The van der Waals surface area contributed by atoms with E-state index in [4.69, 9.17) is 5.41 Å². The van der Waals surface area contributed by atoms with Crippen molar-refractivity contribution in [3.05, 3.63) is 58.9 Å². The fourth-order valence-electron chi connectivity index (χ4n) is 4.74. The summed E-state index contributed by atoms with van der Waals surface area (Å²) in [5, 5.41) is 23.8. The summed E-state index contributed by atoms with van der Waals surface area (Å²) in [5.41, 5.74) is 1.56. The van der Waals surface area contributed by atoms with Crippen molar-refractivity contribution in [3.63, 3.8) is 0 Å². The number of hydrogen-bond acceptors (Lipinski definition) is 6. The van der Waals surface area contributed by atoms with Crippen LogP contribution < -0.4 is 15.3 Å². The predicted molar refractivity (Wildman–Crippen MR) is 125 cm³/mol. The van der Waals surface area contributed by atoms with E-state index in [1.54, 1.807) is 31.2 Å². The number of nitrogens with zero attached hydrogens (tertiary/aromatic N) is 3. The zero-order valence-electron chi connectivity index (χ0n) is 19.3. The normalized spacial score (nSPS) is 18.6. The Morgan fingerprint density at radius 2 is 1.76 bits per heavy atom. The van der Waals surface area contributed by atoms with Gasteiger partial charge in [-0.15, -0.1) is 0 Å². The van der Waals surface area contributed by atoms with E-state index in [1.165, 1.54) is 0 Å². The van der Waals surface area contributed by atoms with Gasteiger partial charge in [0.25, 0.3) is 0 Å². The van der Waals surface area contributed by atoms with Crippen molar-refractivity contribution in [1.82, 2.24) is 9.97 Å². The van der Waals surface area contributed by atoms with Crippen LogP contribution in [-0.4, -0.2) is 36.0 Å². The fraction of sp³-hybridized carbons (Fsp3) is 0.400. The van der Waals surface area contributed by atoms with E-state index in [0.717, 1.165) is 43.1 Å². The lowest BCUT2D eigenvalue weighted by Crippen LogP contribution is -2.28. The smallest absolute Gasteiger partial charge is 0.433 e. The van der Waals surface area contributed by atoms with Gasteiger partial charge in [0.15, 0.2) is 0 Å². The third-order valence-corrected chi connectivity index (χ3v) is 6.44. The summed E-state index contributed by atoms with van der Waals surface area (Å²) < 4.78 is 40.2. The number of halogens is 3. The number of hydrogen-bond donors (Lipinski definition) is 2. The molecular weight excluding hydrogens is 443 g/mol. The molecule has 3 aromatic rings. The molecule has 1 aliphatic carbocycles. The summed E-state index contributed by atoms with van der Waals surface area (Å²) in [6.07, 6.45) is -1.56. The van der Waals surface area contributed by atoms with Gasteiger partial charge in [0.1, 0.15) is 11.5 Å². The summed E-state index contributed by atoms with van der Waals surface area (Å²) in [7, 11) is 3.76. The van der Waals surface area contributed by atoms with E-state index in [2.05, 4.69) is 15.3 Å². The van der Waals surface area contributed by atoms with Crippen LogP contribution in [0.4, 0.5) is 24.7 Å². The fourth-order valence-corrected chi connectivity index (χ4v) is 4.74. The number of para-hydroxylation sites is 1. The Morgan fingerprint density at radius 3 is 2.38 bits per heavy atom. The average Bonchev–Trinajstić information content (AvgIpc) is 2.78. The van der Waals surface area contributed by atoms with E-state index in [0.29, 0.717) is 27.8 Å². The standard InChI is InChI=1S/C25H28F3N5O/c1-14-23(24(29)34)18(12-22(30-14)33(2)3)15-8-10-16(11-9-15)31-20-13-21(25(26,27)28)32-19-7-5-4-6-17(19)20/h4-7,12-13,15-16H,8-11H2,1-3H3,(H2,29,34)(H,31,32)/p-1. The highest BCUT2D eigenvalue weighted by atomic mass is 19.4. The Labute approximate surface area is 196 Å². The molecule has 0 saturated heterocycles. The minimum absolute atomic E-state index is 0.00505. The maximum Gasteiger partial charge on any atom is 0.433 e. The van der Waals surface area contributed by atoms with Crippen molar-refractivity contribution in [2.75, 3.05) is 24.3 Å². The second-order valence-corrected chi connectivity index (χ2v) is 9.02. The van der Waals surface area contributed by atoms with Crippen LogP contribution in [0.3, 0.4) is 0 Å². The number of aryl methyl sites for hydroxylation is 1. The lowest BCUT2D eigenvalue weighted by molar-refractivity contribution is -0.214. The lowest BCUT2D eigenvalue weighted by atomic mass is 9.79. The first-order valence-electron chi connectivity index (χ1n) is 11.2. The highest BCUT2D eigenvalue weighted by molar-refractivity contribution is 5.92. The van der Waals surface area contributed by atoms with Crippen LogP contribution >= 0.6 is 0 Å². The van der Waals surface area contributed by atoms with Crippen molar-refractivity contribution < 1.29 is 18.3 Å². The molecule has 9 heteroatoms. The average molecular weight is 471 g/mol. The highest BCUT2D eigenvalue weighted by Crippen LogP contribution is 2.39. The largest absolute Gasteiger partial charge is 0.859 e. The SMILES string of the molecule is Cc1nc(N(C)C)cc(C2CCC(Nc3cc(C(F)(F)F)nc4ccccc34)CC2)c1C(=N)[O-]. The molecule has 6 nitrogen and oxygen atoms in total. The molecule has 0 bridgehead atoms. The zero-order valence-corrected chi connectivity index (χ0v) is 19.3. The molecule has 0 unspecified atom stereocenters. The van der Waals surface area contributed by atoms with E-state index in [9.17, 15) is 18.3 Å². The van der Waals surface area contributed by atoms with Gasteiger partial charge in [-0.2, -0.15) is 13.2 Å². The molecule has 2 heterocycles. The van der Waals surface area contributed by atoms with Crippen LogP contribution in [0, 0.1) is 12.3 Å². The molecule has 0 radical (unpaired) electrons. The van der Waals surface area contributed by atoms with Gasteiger partial charge in [-0.05, 0) is 68.2 Å². The molecule has 1 saturated carbocycles. The minimum Gasteiger partial charge on any atom is -0.859 e. The van der Waals surface area contributed by atoms with Crippen molar-refractivity contribution >= 4 is 28.3 Å². The second-order valence-electron chi connectivity index (χ2n) is 9.02. The van der Waals surface area contributed by atoms with Gasteiger partial charge in [0.05, 0.1) is 5.52 Å². The van der Waals surface area contributed by atoms with Crippen molar-refractivity contribution in [2.24, 2.45) is 0 Å². The van der Waals surface area contributed by atoms with Gasteiger partial charge in [-0.1, -0.05) is 18.2 Å². The van der Waals surface area contributed by atoms with Crippen LogP contribution in [0.1, 0.15) is 54.1 Å². The Kier molecular flexibility index (Phi) is 6.38. The first-order chi connectivity index (χ1) is 16.0. The Balaban J connectivity index is 1.57. The molecule has 4 rings (SSSR count). The zero-order chi connectivity index (χ0) is 24.6. The van der Waals surface area contributed by atoms with Gasteiger partial charge >= 0.3 is 6.18 Å². The molecular formula is C25H27F3N5O-. The second kappa shape index (κ2) is 9.12. The molecule has 34 heavy (non-hydrogen) atoms. The van der Waals surface area contributed by atoms with Gasteiger partial charge in [-0.3, -0.25) is 0 Å². The Morgan fingerprint density at radius 1 is 1.09 bits per heavy atom. The molecule has 2 N–H and O–H groups in total. The number of benzene rings is 1. The summed E-state index contributed by atoms with van der Waals surface area (Å²) in [6.45, 7) is 1.75. The maximum atomic E-state index is 13.4. The molecule has 0 amide bonds. The van der Waals surface area contributed by atoms with Crippen molar-refractivity contribution in [2.45, 2.75) is 50.7 Å². The van der Waals surface area contributed by atoms with Crippen LogP contribution in [0.2, 0.25) is 0 Å². The van der Waals surface area contributed by atoms with Crippen LogP contribution in [-0.2, 0) is 6.18 Å². The van der Waals surface area contributed by atoms with Gasteiger partial charge < -0.3 is 20.7 Å². The predicted octanol–water partition coefficient (Wildman–Crippen LogP) is 4.85. The molecule has 0 atom stereocenters. The summed E-state index contributed by atoms with van der Waals surface area (Å²) in [6, 6.07) is 9.78. The molecule has 2 aromatic heterocycles.